The van der Waals surface area contributed by atoms with Gasteiger partial charge >= 0.3 is 5.97 Å². The molecule has 3 amide bonds. The quantitative estimate of drug-likeness (QED) is 0.157. The highest BCUT2D eigenvalue weighted by molar-refractivity contribution is 5.94. The molecule has 0 radical (unpaired) electrons. The Morgan fingerprint density at radius 2 is 1.80 bits per heavy atom. The van der Waals surface area contributed by atoms with Crippen LogP contribution in [0.3, 0.4) is 0 Å². The molecule has 14 heteroatoms. The number of nitrogens with one attached hydrogen (secondary N) is 3. The molecular weight excluding hydrogens is 706 g/mol. The van der Waals surface area contributed by atoms with Crippen molar-refractivity contribution in [3.63, 3.8) is 0 Å². The van der Waals surface area contributed by atoms with Gasteiger partial charge in [0.05, 0.1) is 18.1 Å². The van der Waals surface area contributed by atoms with E-state index in [9.17, 15) is 39.3 Å². The van der Waals surface area contributed by atoms with Gasteiger partial charge in [-0.25, -0.2) is 5.43 Å². The lowest BCUT2D eigenvalue weighted by molar-refractivity contribution is -0.155. The van der Waals surface area contributed by atoms with E-state index in [2.05, 4.69) is 16.1 Å². The highest BCUT2D eigenvalue weighted by Gasteiger charge is 2.38. The summed E-state index contributed by atoms with van der Waals surface area (Å²) < 4.78 is 6.04. The Bertz CT molecular complexity index is 1560. The molecule has 2 heterocycles. The lowest BCUT2D eigenvalue weighted by Gasteiger charge is -2.36. The zero-order valence-corrected chi connectivity index (χ0v) is 33.2. The molecule has 0 aromatic heterocycles. The lowest BCUT2D eigenvalue weighted by atomic mass is 9.84. The van der Waals surface area contributed by atoms with Crippen LogP contribution in [0.4, 0.5) is 0 Å². The van der Waals surface area contributed by atoms with Crippen LogP contribution in [0.2, 0.25) is 0 Å². The number of Topliss-reactive ketones (excluding diaryl/α,β-unsaturated/α-hetero) is 1. The first-order valence-corrected chi connectivity index (χ1v) is 19.1. The van der Waals surface area contributed by atoms with E-state index in [1.165, 1.54) is 36.2 Å². The van der Waals surface area contributed by atoms with E-state index >= 15 is 0 Å². The molecule has 0 aromatic carbocycles. The first kappa shape index (κ1) is 45.0. The van der Waals surface area contributed by atoms with Crippen molar-refractivity contribution >= 4 is 29.5 Å². The summed E-state index contributed by atoms with van der Waals surface area (Å²) >= 11 is 0. The van der Waals surface area contributed by atoms with Crippen LogP contribution in [0, 0.1) is 17.8 Å². The zero-order chi connectivity index (χ0) is 40.8. The average molecular weight is 768 g/mol. The number of aliphatic hydroxyl groups is 3. The zero-order valence-electron chi connectivity index (χ0n) is 33.2. The predicted molar refractivity (Wildman–Crippen MR) is 209 cm³/mol. The molecule has 3 rings (SSSR count). The molecule has 0 spiro atoms. The summed E-state index contributed by atoms with van der Waals surface area (Å²) in [6.07, 6.45) is 13.2. The Morgan fingerprint density at radius 3 is 2.45 bits per heavy atom. The second-order valence-electron chi connectivity index (χ2n) is 15.3. The fourth-order valence-corrected chi connectivity index (χ4v) is 6.46. The number of fused-ring (bicyclic) bond motifs is 2. The fraction of sp³-hybridized carbons (Fsp3) is 0.585. The van der Waals surface area contributed by atoms with Crippen molar-refractivity contribution < 1.29 is 44.0 Å². The maximum absolute atomic E-state index is 14.2. The van der Waals surface area contributed by atoms with Crippen molar-refractivity contribution in [2.24, 2.45) is 17.8 Å². The number of nitrogens with zero attached hydrogens (tertiary/aromatic N) is 2. The van der Waals surface area contributed by atoms with E-state index in [0.717, 1.165) is 5.57 Å². The van der Waals surface area contributed by atoms with E-state index in [-0.39, 0.29) is 30.9 Å². The number of rotatable bonds is 8. The molecule has 55 heavy (non-hydrogen) atoms. The lowest BCUT2D eigenvalue weighted by Crippen LogP contribution is -2.61. The molecule has 8 unspecified atom stereocenters. The molecule has 8 atom stereocenters. The van der Waals surface area contributed by atoms with Crippen molar-refractivity contribution in [2.75, 3.05) is 27.2 Å². The standard InChI is InChI=1S/C41H61N5O9/c1-25(2)36-39(52)42-33(24-29-13-11-14-30(48)23-29)40(53)46-21-12-15-32(44-46)41(54)55-35(26(3)20-22-45(6)7)17-10-8-9-16-34(49)28(5)37(50)31(38(51)43-36)19-18-27(4)47/h8-11,14,16,20,23-25,28,31-37,44,48-50H,12-13,15,17-19,21-22H2,1-7H3,(H,42,52)(H,43,51). The van der Waals surface area contributed by atoms with E-state index in [1.807, 2.05) is 32.0 Å². The van der Waals surface area contributed by atoms with Crippen molar-refractivity contribution in [2.45, 2.75) is 110 Å². The maximum atomic E-state index is 14.2. The SMILES string of the molecule is CC(=O)CCC1C(=O)NC(C(C)C)C(=O)NC(C=C2C=C(O)C=CC2)C(=O)N2CCCC(N2)C(=O)OC(C(C)=CCN(C)C)CC=CC=CC(O)C(C)C1O. The summed E-state index contributed by atoms with van der Waals surface area (Å²) in [6.45, 7) is 9.14. The minimum atomic E-state index is -1.39. The van der Waals surface area contributed by atoms with Crippen molar-refractivity contribution in [3.05, 3.63) is 71.6 Å². The number of allylic oxidation sites excluding steroid dienone is 6. The number of carbonyl (C=O) groups excluding carboxylic acids is 5. The Kier molecular flexibility index (Phi) is 17.7. The Hall–Kier alpha value is -4.37. The Balaban J connectivity index is 2.08. The van der Waals surface area contributed by atoms with Gasteiger partial charge in [0.2, 0.25) is 11.8 Å². The number of likely N-dealkylation sites (N-methyl/N-ethyl adjacent to an activating group) is 1. The molecule has 1 fully saturated rings. The number of carbonyl (C=O) groups is 5. The van der Waals surface area contributed by atoms with E-state index in [0.29, 0.717) is 37.8 Å². The molecule has 304 valence electrons. The van der Waals surface area contributed by atoms with Crippen LogP contribution in [0.15, 0.2) is 71.6 Å². The molecule has 0 aromatic rings. The highest BCUT2D eigenvalue weighted by Crippen LogP contribution is 2.24. The third-order valence-corrected chi connectivity index (χ3v) is 9.99. The van der Waals surface area contributed by atoms with Crippen molar-refractivity contribution in [3.8, 4) is 0 Å². The molecule has 1 saturated heterocycles. The van der Waals surface area contributed by atoms with E-state index in [4.69, 9.17) is 4.74 Å². The minimum absolute atomic E-state index is 0.00792. The van der Waals surface area contributed by atoms with Crippen LogP contribution in [-0.2, 0) is 28.7 Å². The van der Waals surface area contributed by atoms with Crippen molar-refractivity contribution in [1.29, 1.82) is 0 Å². The first-order chi connectivity index (χ1) is 26.0. The normalized spacial score (nSPS) is 30.4. The van der Waals surface area contributed by atoms with Crippen LogP contribution in [0.25, 0.3) is 0 Å². The Morgan fingerprint density at radius 1 is 1.07 bits per heavy atom. The van der Waals surface area contributed by atoms with Crippen molar-refractivity contribution in [1.82, 2.24) is 26.0 Å². The van der Waals surface area contributed by atoms with Gasteiger partial charge in [0, 0.05) is 31.8 Å². The number of ketones is 1. The second-order valence-corrected chi connectivity index (χ2v) is 15.3. The molecule has 6 N–H and O–H groups in total. The number of aliphatic hydroxyl groups excluding tert-OH is 3. The summed E-state index contributed by atoms with van der Waals surface area (Å²) in [4.78, 5) is 69.7. The molecule has 1 aliphatic carbocycles. The second kappa shape index (κ2) is 21.6. The smallest absolute Gasteiger partial charge is 0.325 e. The third kappa shape index (κ3) is 14.0. The average Bonchev–Trinajstić information content (AvgIpc) is 3.13. The predicted octanol–water partition coefficient (Wildman–Crippen LogP) is 2.71. The summed E-state index contributed by atoms with van der Waals surface area (Å²) in [5.74, 6) is -5.15. The number of cyclic esters (lactones) is 1. The largest absolute Gasteiger partial charge is 0.508 e. The summed E-state index contributed by atoms with van der Waals surface area (Å²) in [5, 5.41) is 39.4. The van der Waals surface area contributed by atoms with Gasteiger partial charge in [-0.1, -0.05) is 57.2 Å². The van der Waals surface area contributed by atoms with E-state index < -0.39 is 77.9 Å². The molecule has 3 aliphatic rings. The topological polar surface area (TPSA) is 198 Å². The van der Waals surface area contributed by atoms with Gasteiger partial charge in [0.25, 0.3) is 5.91 Å². The molecule has 2 aliphatic heterocycles. The van der Waals surface area contributed by atoms with Gasteiger partial charge in [0.15, 0.2) is 0 Å². The van der Waals surface area contributed by atoms with E-state index in [1.54, 1.807) is 45.1 Å². The molecule has 14 nitrogen and oxygen atoms in total. The van der Waals surface area contributed by atoms with Gasteiger partial charge < -0.3 is 40.4 Å². The summed E-state index contributed by atoms with van der Waals surface area (Å²) in [6, 6.07) is -3.29. The summed E-state index contributed by atoms with van der Waals surface area (Å²) in [7, 11) is 3.85. The fourth-order valence-electron chi connectivity index (χ4n) is 6.46. The van der Waals surface area contributed by atoms with Gasteiger partial charge in [-0.2, -0.15) is 0 Å². The number of hydrogen-bond donors (Lipinski definition) is 6. The maximum Gasteiger partial charge on any atom is 0.325 e. The van der Waals surface area contributed by atoms with Gasteiger partial charge in [-0.3, -0.25) is 24.2 Å². The van der Waals surface area contributed by atoms with Gasteiger partial charge in [0.1, 0.15) is 35.8 Å². The van der Waals surface area contributed by atoms with Gasteiger partial charge in [-0.15, -0.1) is 0 Å². The molecule has 2 bridgehead atoms. The Labute approximate surface area is 325 Å². The number of amides is 3. The van der Waals surface area contributed by atoms with Crippen LogP contribution in [0.1, 0.15) is 73.1 Å². The number of ether oxygens (including phenoxy) is 1. The summed E-state index contributed by atoms with van der Waals surface area (Å²) in [5.41, 5.74) is 4.40. The highest BCUT2D eigenvalue weighted by atomic mass is 16.5. The first-order valence-electron chi connectivity index (χ1n) is 19.1. The molecular formula is C41H61N5O9. The minimum Gasteiger partial charge on any atom is -0.508 e. The van der Waals surface area contributed by atoms with Gasteiger partial charge in [-0.05, 0) is 88.9 Å². The van der Waals surface area contributed by atoms with Crippen LogP contribution >= 0.6 is 0 Å². The van der Waals surface area contributed by atoms with Crippen LogP contribution in [-0.4, -0.2) is 118 Å². The third-order valence-electron chi connectivity index (χ3n) is 9.99. The van der Waals surface area contributed by atoms with Crippen LogP contribution in [0.5, 0.6) is 0 Å². The number of hydrogen-bond acceptors (Lipinski definition) is 11. The molecule has 0 saturated carbocycles. The number of hydrazine groups is 1. The number of esters is 1. The van der Waals surface area contributed by atoms with Crippen LogP contribution < -0.4 is 16.1 Å². The monoisotopic (exact) mass is 767 g/mol.